The standard InChI is InChI=1S/C18H27N5O/c1-13-14(2)20-21-17(13)6-7-18(24)23-9-4-5-16(12-23)11-22-10-8-19-15(22)3/h8,10,16H,4-7,9,11-12H2,1-3H3,(H,20,21). The van der Waals surface area contributed by atoms with Crippen molar-refractivity contribution in [2.24, 2.45) is 5.92 Å². The molecule has 1 fully saturated rings. The van der Waals surface area contributed by atoms with Crippen molar-refractivity contribution in [1.29, 1.82) is 0 Å². The van der Waals surface area contributed by atoms with Crippen LogP contribution in [0.1, 0.15) is 42.0 Å². The molecule has 1 saturated heterocycles. The molecule has 3 heterocycles. The summed E-state index contributed by atoms with van der Waals surface area (Å²) in [7, 11) is 0. The van der Waals surface area contributed by atoms with Crippen LogP contribution >= 0.6 is 0 Å². The largest absolute Gasteiger partial charge is 0.342 e. The van der Waals surface area contributed by atoms with E-state index >= 15 is 0 Å². The van der Waals surface area contributed by atoms with E-state index in [1.807, 2.05) is 31.1 Å². The van der Waals surface area contributed by atoms with Crippen molar-refractivity contribution in [3.63, 3.8) is 0 Å². The summed E-state index contributed by atoms with van der Waals surface area (Å²) < 4.78 is 2.19. The average molecular weight is 329 g/mol. The smallest absolute Gasteiger partial charge is 0.222 e. The van der Waals surface area contributed by atoms with E-state index < -0.39 is 0 Å². The maximum absolute atomic E-state index is 12.6. The highest BCUT2D eigenvalue weighted by Gasteiger charge is 2.24. The van der Waals surface area contributed by atoms with Crippen LogP contribution in [0.3, 0.4) is 0 Å². The van der Waals surface area contributed by atoms with Gasteiger partial charge in [-0.05, 0) is 45.1 Å². The minimum absolute atomic E-state index is 0.252. The Hall–Kier alpha value is -2.11. The monoisotopic (exact) mass is 329 g/mol. The summed E-state index contributed by atoms with van der Waals surface area (Å²) in [5.41, 5.74) is 3.28. The zero-order valence-corrected chi connectivity index (χ0v) is 14.9. The second-order valence-electron chi connectivity index (χ2n) is 6.90. The summed E-state index contributed by atoms with van der Waals surface area (Å²) in [5, 5.41) is 7.29. The Labute approximate surface area is 143 Å². The molecule has 2 aromatic heterocycles. The molecule has 1 atom stereocenters. The van der Waals surface area contributed by atoms with Gasteiger partial charge in [0.2, 0.25) is 5.91 Å². The summed E-state index contributed by atoms with van der Waals surface area (Å²) >= 11 is 0. The molecule has 0 spiro atoms. The van der Waals surface area contributed by atoms with Crippen LogP contribution in [-0.4, -0.2) is 43.6 Å². The summed E-state index contributed by atoms with van der Waals surface area (Å²) in [5.74, 6) is 1.81. The lowest BCUT2D eigenvalue weighted by Crippen LogP contribution is -2.41. The summed E-state index contributed by atoms with van der Waals surface area (Å²) in [6, 6.07) is 0. The fourth-order valence-electron chi connectivity index (χ4n) is 3.48. The lowest BCUT2D eigenvalue weighted by atomic mass is 9.97. The van der Waals surface area contributed by atoms with Gasteiger partial charge in [0.15, 0.2) is 0 Å². The van der Waals surface area contributed by atoms with Crippen molar-refractivity contribution in [1.82, 2.24) is 24.6 Å². The van der Waals surface area contributed by atoms with Gasteiger partial charge in [0, 0.05) is 50.6 Å². The maximum Gasteiger partial charge on any atom is 0.222 e. The molecular formula is C18H27N5O. The molecule has 0 bridgehead atoms. The van der Waals surface area contributed by atoms with Crippen LogP contribution in [0.4, 0.5) is 0 Å². The Bertz CT molecular complexity index is 702. The van der Waals surface area contributed by atoms with Crippen molar-refractivity contribution in [3.05, 3.63) is 35.2 Å². The van der Waals surface area contributed by atoms with Crippen LogP contribution in [0.2, 0.25) is 0 Å². The van der Waals surface area contributed by atoms with Gasteiger partial charge in [-0.1, -0.05) is 0 Å². The van der Waals surface area contributed by atoms with Gasteiger partial charge in [0.1, 0.15) is 5.82 Å². The molecule has 0 saturated carbocycles. The molecule has 1 unspecified atom stereocenters. The number of likely N-dealkylation sites (tertiary alicyclic amines) is 1. The molecule has 1 aliphatic rings. The first-order valence-electron chi connectivity index (χ1n) is 8.80. The Balaban J connectivity index is 1.53. The van der Waals surface area contributed by atoms with Gasteiger partial charge in [-0.3, -0.25) is 9.89 Å². The normalized spacial score (nSPS) is 18.1. The molecule has 6 heteroatoms. The highest BCUT2D eigenvalue weighted by molar-refractivity contribution is 5.76. The SMILES string of the molecule is Cc1[nH]nc(CCC(=O)N2CCCC(Cn3ccnc3C)C2)c1C. The van der Waals surface area contributed by atoms with Crippen LogP contribution in [0.15, 0.2) is 12.4 Å². The van der Waals surface area contributed by atoms with E-state index in [1.54, 1.807) is 0 Å². The highest BCUT2D eigenvalue weighted by Crippen LogP contribution is 2.20. The van der Waals surface area contributed by atoms with E-state index in [4.69, 9.17) is 0 Å². The van der Waals surface area contributed by atoms with Gasteiger partial charge in [-0.25, -0.2) is 4.98 Å². The van der Waals surface area contributed by atoms with Crippen LogP contribution in [0, 0.1) is 26.7 Å². The minimum Gasteiger partial charge on any atom is -0.342 e. The third-order valence-electron chi connectivity index (χ3n) is 5.18. The molecule has 1 amide bonds. The molecule has 0 radical (unpaired) electrons. The van der Waals surface area contributed by atoms with E-state index in [0.717, 1.165) is 49.7 Å². The van der Waals surface area contributed by atoms with Gasteiger partial charge >= 0.3 is 0 Å². The number of carbonyl (C=O) groups excluding carboxylic acids is 1. The Morgan fingerprint density at radius 3 is 2.88 bits per heavy atom. The summed E-state index contributed by atoms with van der Waals surface area (Å²) in [6.07, 6.45) is 7.40. The van der Waals surface area contributed by atoms with Gasteiger partial charge < -0.3 is 9.47 Å². The highest BCUT2D eigenvalue weighted by atomic mass is 16.2. The molecule has 6 nitrogen and oxygen atoms in total. The minimum atomic E-state index is 0.252. The number of aromatic nitrogens is 4. The first-order chi connectivity index (χ1) is 11.5. The number of aromatic amines is 1. The first-order valence-corrected chi connectivity index (χ1v) is 8.80. The van der Waals surface area contributed by atoms with Gasteiger partial charge in [0.05, 0.1) is 5.69 Å². The van der Waals surface area contributed by atoms with Crippen LogP contribution < -0.4 is 0 Å². The van der Waals surface area contributed by atoms with Gasteiger partial charge in [-0.2, -0.15) is 5.10 Å². The van der Waals surface area contributed by atoms with E-state index in [0.29, 0.717) is 12.3 Å². The lowest BCUT2D eigenvalue weighted by molar-refractivity contribution is -0.133. The number of H-pyrrole nitrogens is 1. The lowest BCUT2D eigenvalue weighted by Gasteiger charge is -2.33. The summed E-state index contributed by atoms with van der Waals surface area (Å²) in [4.78, 5) is 18.9. The van der Waals surface area contributed by atoms with E-state index in [-0.39, 0.29) is 5.91 Å². The van der Waals surface area contributed by atoms with Crippen molar-refractivity contribution in [2.75, 3.05) is 13.1 Å². The predicted octanol–water partition coefficient (Wildman–Crippen LogP) is 2.40. The van der Waals surface area contributed by atoms with E-state index in [9.17, 15) is 4.79 Å². The van der Waals surface area contributed by atoms with Crippen molar-refractivity contribution < 1.29 is 4.79 Å². The number of nitrogens with one attached hydrogen (secondary N) is 1. The topological polar surface area (TPSA) is 66.8 Å². The first kappa shape index (κ1) is 16.7. The number of aryl methyl sites for hydroxylation is 3. The molecule has 3 rings (SSSR count). The number of imidazole rings is 1. The summed E-state index contributed by atoms with van der Waals surface area (Å²) in [6.45, 7) is 8.79. The predicted molar refractivity (Wildman–Crippen MR) is 92.7 cm³/mol. The number of piperidine rings is 1. The number of nitrogens with zero attached hydrogens (tertiary/aromatic N) is 4. The Kier molecular flexibility index (Phi) is 5.02. The Morgan fingerprint density at radius 2 is 2.21 bits per heavy atom. The van der Waals surface area contributed by atoms with E-state index in [2.05, 4.69) is 26.7 Å². The fourth-order valence-corrected chi connectivity index (χ4v) is 3.48. The molecule has 2 aromatic rings. The van der Waals surface area contributed by atoms with Gasteiger partial charge in [0.25, 0.3) is 0 Å². The van der Waals surface area contributed by atoms with Crippen LogP contribution in [-0.2, 0) is 17.8 Å². The number of hydrogen-bond donors (Lipinski definition) is 1. The molecule has 0 aliphatic carbocycles. The molecular weight excluding hydrogens is 302 g/mol. The number of carbonyl (C=O) groups is 1. The quantitative estimate of drug-likeness (QED) is 0.916. The molecule has 1 N–H and O–H groups in total. The van der Waals surface area contributed by atoms with Crippen molar-refractivity contribution in [2.45, 2.75) is 53.0 Å². The second kappa shape index (κ2) is 7.20. The average Bonchev–Trinajstić information content (AvgIpc) is 3.12. The molecule has 24 heavy (non-hydrogen) atoms. The zero-order chi connectivity index (χ0) is 17.1. The van der Waals surface area contributed by atoms with E-state index in [1.165, 1.54) is 12.0 Å². The van der Waals surface area contributed by atoms with Crippen LogP contribution in [0.5, 0.6) is 0 Å². The van der Waals surface area contributed by atoms with Crippen LogP contribution in [0.25, 0.3) is 0 Å². The number of hydrogen-bond acceptors (Lipinski definition) is 3. The number of amides is 1. The van der Waals surface area contributed by atoms with Gasteiger partial charge in [-0.15, -0.1) is 0 Å². The molecule has 130 valence electrons. The third-order valence-corrected chi connectivity index (χ3v) is 5.18. The van der Waals surface area contributed by atoms with Crippen molar-refractivity contribution in [3.8, 4) is 0 Å². The number of rotatable bonds is 5. The molecule has 0 aromatic carbocycles. The maximum atomic E-state index is 12.6. The second-order valence-corrected chi connectivity index (χ2v) is 6.90. The fraction of sp³-hybridized carbons (Fsp3) is 0.611. The third kappa shape index (κ3) is 3.68. The molecule has 1 aliphatic heterocycles. The Morgan fingerprint density at radius 1 is 1.38 bits per heavy atom. The van der Waals surface area contributed by atoms with Crippen molar-refractivity contribution >= 4 is 5.91 Å². The zero-order valence-electron chi connectivity index (χ0n) is 14.9.